The van der Waals surface area contributed by atoms with E-state index in [4.69, 9.17) is 9.15 Å². The van der Waals surface area contributed by atoms with E-state index in [0.29, 0.717) is 4.47 Å². The number of hydrogen-bond acceptors (Lipinski definition) is 5. The summed E-state index contributed by atoms with van der Waals surface area (Å²) in [7, 11) is -2.64. The van der Waals surface area contributed by atoms with Gasteiger partial charge in [-0.1, -0.05) is 15.9 Å². The molecule has 2 rings (SSSR count). The van der Waals surface area contributed by atoms with Crippen molar-refractivity contribution < 1.29 is 22.4 Å². The Balaban J connectivity index is 2.19. The monoisotopic (exact) mass is 374 g/mol. The van der Waals surface area contributed by atoms with Crippen LogP contribution in [-0.4, -0.2) is 21.4 Å². The average molecular weight is 375 g/mol. The first kappa shape index (κ1) is 15.5. The van der Waals surface area contributed by atoms with Crippen LogP contribution >= 0.6 is 15.9 Å². The number of benzene rings is 1. The quantitative estimate of drug-likeness (QED) is 0.775. The third-order valence-electron chi connectivity index (χ3n) is 2.46. The van der Waals surface area contributed by atoms with E-state index in [1.165, 1.54) is 37.6 Å². The minimum absolute atomic E-state index is 0.0149. The van der Waals surface area contributed by atoms with E-state index in [1.54, 1.807) is 6.07 Å². The molecule has 1 aromatic heterocycles. The molecular formula is C12H11BrN2O5S. The first-order chi connectivity index (χ1) is 9.94. The van der Waals surface area contributed by atoms with Gasteiger partial charge < -0.3 is 9.15 Å². The van der Waals surface area contributed by atoms with E-state index < -0.39 is 15.9 Å². The lowest BCUT2D eigenvalue weighted by Crippen LogP contribution is -2.41. The molecular weight excluding hydrogens is 364 g/mol. The predicted octanol–water partition coefficient (Wildman–Crippen LogP) is 1.67. The van der Waals surface area contributed by atoms with E-state index in [1.807, 2.05) is 4.83 Å². The molecule has 2 N–H and O–H groups in total. The molecule has 21 heavy (non-hydrogen) atoms. The summed E-state index contributed by atoms with van der Waals surface area (Å²) in [5, 5.41) is 0. The van der Waals surface area contributed by atoms with E-state index >= 15 is 0 Å². The summed E-state index contributed by atoms with van der Waals surface area (Å²) in [5.74, 6) is -0.575. The van der Waals surface area contributed by atoms with Crippen molar-refractivity contribution >= 4 is 31.9 Å². The van der Waals surface area contributed by atoms with Gasteiger partial charge in [0.2, 0.25) is 0 Å². The summed E-state index contributed by atoms with van der Waals surface area (Å²) in [6.45, 7) is 0. The van der Waals surface area contributed by atoms with Gasteiger partial charge in [0.25, 0.3) is 10.0 Å². The number of carbonyl (C=O) groups excluding carboxylic acids is 1. The highest BCUT2D eigenvalue weighted by atomic mass is 79.9. The Hall–Kier alpha value is -1.84. The molecule has 2 aromatic rings. The van der Waals surface area contributed by atoms with Crippen molar-refractivity contribution in [3.63, 3.8) is 0 Å². The van der Waals surface area contributed by atoms with Crippen LogP contribution in [0.3, 0.4) is 0 Å². The van der Waals surface area contributed by atoms with E-state index in [0.717, 1.165) is 0 Å². The standard InChI is InChI=1S/C12H11BrN2O5S/c1-19-9-5-4-8(13)7-11(9)21(17,18)15-14-12(16)10-3-2-6-20-10/h2-7,15H,1H3,(H,14,16). The van der Waals surface area contributed by atoms with Crippen molar-refractivity contribution in [2.75, 3.05) is 7.11 Å². The Kier molecular flexibility index (Phi) is 4.66. The van der Waals surface area contributed by atoms with Crippen LogP contribution in [0.15, 0.2) is 50.4 Å². The number of furan rings is 1. The summed E-state index contributed by atoms with van der Waals surface area (Å²) in [6, 6.07) is 7.41. The van der Waals surface area contributed by atoms with E-state index in [-0.39, 0.29) is 16.4 Å². The highest BCUT2D eigenvalue weighted by molar-refractivity contribution is 9.10. The minimum Gasteiger partial charge on any atom is -0.495 e. The van der Waals surface area contributed by atoms with Crippen LogP contribution < -0.4 is 15.0 Å². The highest BCUT2D eigenvalue weighted by Crippen LogP contribution is 2.26. The summed E-state index contributed by atoms with van der Waals surface area (Å²) < 4.78 is 34.8. The minimum atomic E-state index is -3.99. The molecule has 0 aliphatic carbocycles. The van der Waals surface area contributed by atoms with Gasteiger partial charge in [-0.3, -0.25) is 10.2 Å². The first-order valence-corrected chi connectivity index (χ1v) is 7.91. The smallest absolute Gasteiger partial charge is 0.301 e. The molecule has 112 valence electrons. The molecule has 0 unspecified atom stereocenters. The predicted molar refractivity (Wildman–Crippen MR) is 77.2 cm³/mol. The molecule has 1 heterocycles. The number of nitrogens with one attached hydrogen (secondary N) is 2. The van der Waals surface area contributed by atoms with Crippen LogP contribution in [0.25, 0.3) is 0 Å². The SMILES string of the molecule is COc1ccc(Br)cc1S(=O)(=O)NNC(=O)c1ccco1. The van der Waals surface area contributed by atoms with E-state index in [2.05, 4.69) is 21.4 Å². The molecule has 9 heteroatoms. The molecule has 0 saturated heterocycles. The third kappa shape index (κ3) is 3.63. The van der Waals surface area contributed by atoms with E-state index in [9.17, 15) is 13.2 Å². The Labute approximate surface area is 129 Å². The van der Waals surface area contributed by atoms with Gasteiger partial charge in [0.05, 0.1) is 13.4 Å². The maximum Gasteiger partial charge on any atom is 0.301 e. The van der Waals surface area contributed by atoms with Gasteiger partial charge >= 0.3 is 5.91 Å². The molecule has 0 bridgehead atoms. The molecule has 1 amide bonds. The first-order valence-electron chi connectivity index (χ1n) is 5.63. The second-order valence-electron chi connectivity index (χ2n) is 3.83. The summed E-state index contributed by atoms with van der Waals surface area (Å²) in [5.41, 5.74) is 2.05. The number of amides is 1. The number of hydrogen-bond donors (Lipinski definition) is 2. The van der Waals surface area contributed by atoms with Crippen LogP contribution in [0.5, 0.6) is 5.75 Å². The van der Waals surface area contributed by atoms with Crippen LogP contribution in [0.2, 0.25) is 0 Å². The maximum absolute atomic E-state index is 12.2. The lowest BCUT2D eigenvalue weighted by molar-refractivity contribution is 0.0917. The van der Waals surface area contributed by atoms with Gasteiger partial charge in [0.1, 0.15) is 10.6 Å². The number of hydrazine groups is 1. The Bertz CT molecular complexity index is 743. The molecule has 0 spiro atoms. The molecule has 0 aliphatic heterocycles. The van der Waals surface area contributed by atoms with Gasteiger partial charge in [0.15, 0.2) is 5.76 Å². The Morgan fingerprint density at radius 1 is 1.33 bits per heavy atom. The van der Waals surface area contributed by atoms with Crippen molar-refractivity contribution in [3.8, 4) is 5.75 Å². The molecule has 0 saturated carbocycles. The lowest BCUT2D eigenvalue weighted by Gasteiger charge is -2.11. The largest absolute Gasteiger partial charge is 0.495 e. The average Bonchev–Trinajstić information content (AvgIpc) is 2.99. The second kappa shape index (κ2) is 6.29. The Morgan fingerprint density at radius 2 is 2.10 bits per heavy atom. The van der Waals surface area contributed by atoms with Crippen molar-refractivity contribution in [1.29, 1.82) is 0 Å². The maximum atomic E-state index is 12.2. The molecule has 0 atom stereocenters. The second-order valence-corrected chi connectivity index (χ2v) is 6.40. The number of ether oxygens (including phenoxy) is 1. The fraction of sp³-hybridized carbons (Fsp3) is 0.0833. The molecule has 0 fully saturated rings. The van der Waals surface area contributed by atoms with Crippen molar-refractivity contribution in [2.24, 2.45) is 0 Å². The van der Waals surface area contributed by atoms with Gasteiger partial charge in [-0.15, -0.1) is 4.83 Å². The topological polar surface area (TPSA) is 97.6 Å². The van der Waals surface area contributed by atoms with Crippen LogP contribution in [0.4, 0.5) is 0 Å². The number of rotatable bonds is 5. The summed E-state index contributed by atoms with van der Waals surface area (Å²) in [4.78, 5) is 13.5. The zero-order chi connectivity index (χ0) is 15.5. The fourth-order valence-corrected chi connectivity index (χ4v) is 3.05. The molecule has 0 aliphatic rings. The van der Waals surface area contributed by atoms with Gasteiger partial charge in [0, 0.05) is 4.47 Å². The molecule has 0 radical (unpaired) electrons. The Morgan fingerprint density at radius 3 is 2.71 bits per heavy atom. The zero-order valence-corrected chi connectivity index (χ0v) is 13.2. The molecule has 1 aromatic carbocycles. The van der Waals surface area contributed by atoms with Crippen LogP contribution in [0.1, 0.15) is 10.6 Å². The fourth-order valence-electron chi connectivity index (χ4n) is 1.50. The molecule has 7 nitrogen and oxygen atoms in total. The van der Waals surface area contributed by atoms with Gasteiger partial charge in [-0.2, -0.15) is 0 Å². The van der Waals surface area contributed by atoms with Crippen molar-refractivity contribution in [1.82, 2.24) is 10.3 Å². The van der Waals surface area contributed by atoms with Gasteiger partial charge in [-0.25, -0.2) is 8.42 Å². The summed E-state index contributed by atoms with van der Waals surface area (Å²) >= 11 is 3.18. The highest BCUT2D eigenvalue weighted by Gasteiger charge is 2.21. The normalized spacial score (nSPS) is 11.1. The third-order valence-corrected chi connectivity index (χ3v) is 4.22. The lowest BCUT2D eigenvalue weighted by atomic mass is 10.3. The van der Waals surface area contributed by atoms with Crippen LogP contribution in [0, 0.1) is 0 Å². The number of sulfonamides is 1. The summed E-state index contributed by atoms with van der Waals surface area (Å²) in [6.07, 6.45) is 1.31. The number of methoxy groups -OCH3 is 1. The van der Waals surface area contributed by atoms with Crippen LogP contribution in [-0.2, 0) is 10.0 Å². The van der Waals surface area contributed by atoms with Gasteiger partial charge in [-0.05, 0) is 30.3 Å². The van der Waals surface area contributed by atoms with Crippen molar-refractivity contribution in [3.05, 3.63) is 46.8 Å². The number of carbonyl (C=O) groups is 1. The zero-order valence-electron chi connectivity index (χ0n) is 10.8. The number of halogens is 1. The van der Waals surface area contributed by atoms with Crippen molar-refractivity contribution in [2.45, 2.75) is 4.90 Å².